The molecule has 1 atom stereocenters. The first kappa shape index (κ1) is 35.0. The van der Waals surface area contributed by atoms with Gasteiger partial charge in [-0.3, -0.25) is 9.58 Å². The Labute approximate surface area is 252 Å². The second kappa shape index (κ2) is 17.0. The molecule has 230 valence electrons. The number of para-hydroxylation sites is 1. The molecule has 1 unspecified atom stereocenters. The molecule has 1 fully saturated rings. The third-order valence-electron chi connectivity index (χ3n) is 7.04. The minimum absolute atomic E-state index is 0.482. The number of hydrogen-bond acceptors (Lipinski definition) is 7. The molecule has 1 saturated heterocycles. The lowest BCUT2D eigenvalue weighted by Gasteiger charge is -2.37. The molecule has 9 nitrogen and oxygen atoms in total. The topological polar surface area (TPSA) is 114 Å². The van der Waals surface area contributed by atoms with Crippen molar-refractivity contribution in [1.29, 1.82) is 5.26 Å². The molecule has 1 aliphatic heterocycles. The summed E-state index contributed by atoms with van der Waals surface area (Å²) in [7, 11) is -2.94. The van der Waals surface area contributed by atoms with E-state index in [-0.39, 0.29) is 0 Å². The van der Waals surface area contributed by atoms with Crippen LogP contribution in [-0.2, 0) is 16.6 Å². The lowest BCUT2D eigenvalue weighted by molar-refractivity contribution is 0.0915. The van der Waals surface area contributed by atoms with Gasteiger partial charge in [0.05, 0.1) is 35.8 Å². The van der Waals surface area contributed by atoms with Gasteiger partial charge in [0.1, 0.15) is 6.07 Å². The monoisotopic (exact) mass is 596 g/mol. The zero-order valence-electron chi connectivity index (χ0n) is 26.3. The molecule has 0 spiro atoms. The smallest absolute Gasteiger partial charge is 0.208 e. The number of piperazine rings is 1. The first-order valence-corrected chi connectivity index (χ1v) is 16.6. The number of sulfonamides is 1. The Kier molecular flexibility index (Phi) is 14.2. The van der Waals surface area contributed by atoms with Gasteiger partial charge in [-0.1, -0.05) is 62.7 Å². The minimum atomic E-state index is -2.94. The lowest BCUT2D eigenvalue weighted by atomic mass is 10.1. The molecule has 1 aromatic heterocycles. The minimum Gasteiger partial charge on any atom is -0.390 e. The maximum atomic E-state index is 10.8. The van der Waals surface area contributed by atoms with Gasteiger partial charge in [0, 0.05) is 50.5 Å². The number of aryl methyl sites for hydroxylation is 1. The number of anilines is 1. The van der Waals surface area contributed by atoms with Crippen LogP contribution in [0, 0.1) is 32.1 Å². The van der Waals surface area contributed by atoms with Crippen molar-refractivity contribution in [3.63, 3.8) is 0 Å². The number of rotatable bonds is 9. The normalized spacial score (nSPS) is 14.2. The van der Waals surface area contributed by atoms with Gasteiger partial charge in [0.15, 0.2) is 0 Å². The SMILES string of the molecule is CC.CCCNS(C)(=O)=O.Cc1ccc(-c2nn(CC(O)CN3CCN(c4ccccc4C#N)CC3)c(C)c2C)cc1. The van der Waals surface area contributed by atoms with Crippen molar-refractivity contribution in [2.75, 3.05) is 50.4 Å². The Bertz CT molecular complexity index is 1390. The van der Waals surface area contributed by atoms with Crippen LogP contribution in [-0.4, -0.2) is 79.8 Å². The first-order chi connectivity index (χ1) is 20.0. The Balaban J connectivity index is 0.000000535. The Hall–Kier alpha value is -3.23. The van der Waals surface area contributed by atoms with Crippen molar-refractivity contribution in [3.8, 4) is 17.3 Å². The fourth-order valence-electron chi connectivity index (χ4n) is 4.66. The summed E-state index contributed by atoms with van der Waals surface area (Å²) in [5.74, 6) is 0. The molecule has 4 rings (SSSR count). The van der Waals surface area contributed by atoms with Gasteiger partial charge >= 0.3 is 0 Å². The maximum Gasteiger partial charge on any atom is 0.208 e. The van der Waals surface area contributed by atoms with E-state index < -0.39 is 16.1 Å². The molecule has 0 saturated carbocycles. The van der Waals surface area contributed by atoms with Gasteiger partial charge in [-0.05, 0) is 44.9 Å². The predicted octanol–water partition coefficient (Wildman–Crippen LogP) is 4.50. The van der Waals surface area contributed by atoms with Crippen molar-refractivity contribution in [3.05, 3.63) is 70.9 Å². The third kappa shape index (κ3) is 10.6. The van der Waals surface area contributed by atoms with Crippen LogP contribution < -0.4 is 9.62 Å². The number of aromatic nitrogens is 2. The number of aliphatic hydroxyl groups is 1. The molecule has 0 bridgehead atoms. The summed E-state index contributed by atoms with van der Waals surface area (Å²) < 4.78 is 24.8. The first-order valence-electron chi connectivity index (χ1n) is 14.7. The van der Waals surface area contributed by atoms with E-state index >= 15 is 0 Å². The molecule has 42 heavy (non-hydrogen) atoms. The van der Waals surface area contributed by atoms with E-state index in [1.54, 1.807) is 0 Å². The van der Waals surface area contributed by atoms with E-state index in [0.717, 1.165) is 72.6 Å². The largest absolute Gasteiger partial charge is 0.390 e. The third-order valence-corrected chi connectivity index (χ3v) is 7.76. The highest BCUT2D eigenvalue weighted by molar-refractivity contribution is 7.88. The van der Waals surface area contributed by atoms with Crippen LogP contribution in [0.4, 0.5) is 5.69 Å². The van der Waals surface area contributed by atoms with E-state index in [4.69, 9.17) is 5.10 Å². The van der Waals surface area contributed by atoms with Gasteiger partial charge in [-0.15, -0.1) is 0 Å². The van der Waals surface area contributed by atoms with Crippen LogP contribution in [0.1, 0.15) is 49.6 Å². The van der Waals surface area contributed by atoms with E-state index in [9.17, 15) is 18.8 Å². The zero-order valence-corrected chi connectivity index (χ0v) is 27.1. The summed E-state index contributed by atoms with van der Waals surface area (Å²) in [6, 6.07) is 18.5. The second-order valence-electron chi connectivity index (χ2n) is 10.3. The Morgan fingerprint density at radius 1 is 1.00 bits per heavy atom. The van der Waals surface area contributed by atoms with Gasteiger partial charge in [0.25, 0.3) is 0 Å². The lowest BCUT2D eigenvalue weighted by Crippen LogP contribution is -2.49. The number of nitrogens with one attached hydrogen (secondary N) is 1. The van der Waals surface area contributed by atoms with Gasteiger partial charge < -0.3 is 10.0 Å². The van der Waals surface area contributed by atoms with Crippen LogP contribution >= 0.6 is 0 Å². The summed E-state index contributed by atoms with van der Waals surface area (Å²) in [5.41, 5.74) is 7.30. The standard InChI is InChI=1S/C26H31N5O.C4H11NO2S.C2H6/c1-19-8-10-22(11-9-19)26-20(2)21(3)31(28-26)18-24(32)17-29-12-14-30(15-13-29)25-7-5-4-6-23(25)16-27;1-3-4-5-8(2,6)7;1-2/h4-11,24,32H,12-15,17-18H2,1-3H3;5H,3-4H2,1-2H3;1-2H3. The van der Waals surface area contributed by atoms with E-state index in [1.165, 1.54) is 5.56 Å². The molecular formula is C32H48N6O3S. The Morgan fingerprint density at radius 3 is 2.17 bits per heavy atom. The van der Waals surface area contributed by atoms with E-state index in [0.29, 0.717) is 19.6 Å². The summed E-state index contributed by atoms with van der Waals surface area (Å²) in [6.07, 6.45) is 1.51. The van der Waals surface area contributed by atoms with Crippen molar-refractivity contribution < 1.29 is 13.5 Å². The van der Waals surface area contributed by atoms with Crippen molar-refractivity contribution >= 4 is 15.7 Å². The van der Waals surface area contributed by atoms with Gasteiger partial charge in [0.2, 0.25) is 10.0 Å². The molecule has 1 aliphatic rings. The Morgan fingerprint density at radius 2 is 1.62 bits per heavy atom. The number of benzene rings is 2. The van der Waals surface area contributed by atoms with Crippen LogP contribution in [0.25, 0.3) is 11.3 Å². The van der Waals surface area contributed by atoms with Crippen molar-refractivity contribution in [2.24, 2.45) is 0 Å². The molecule has 0 amide bonds. The van der Waals surface area contributed by atoms with Gasteiger partial charge in [-0.25, -0.2) is 13.1 Å². The summed E-state index contributed by atoms with van der Waals surface area (Å²) in [4.78, 5) is 4.55. The highest BCUT2D eigenvalue weighted by Crippen LogP contribution is 2.25. The number of nitriles is 1. The summed E-state index contributed by atoms with van der Waals surface area (Å²) in [5, 5.41) is 25.0. The number of hydrogen-bond donors (Lipinski definition) is 2. The average molecular weight is 597 g/mol. The zero-order chi connectivity index (χ0) is 31.3. The highest BCUT2D eigenvalue weighted by Gasteiger charge is 2.22. The van der Waals surface area contributed by atoms with Crippen LogP contribution in [0.5, 0.6) is 0 Å². The quantitative estimate of drug-likeness (QED) is 0.374. The number of nitrogens with zero attached hydrogens (tertiary/aromatic N) is 5. The summed E-state index contributed by atoms with van der Waals surface area (Å²) in [6.45, 7) is 17.2. The molecule has 2 aromatic carbocycles. The maximum absolute atomic E-state index is 10.8. The molecule has 2 N–H and O–H groups in total. The van der Waals surface area contributed by atoms with Crippen molar-refractivity contribution in [1.82, 2.24) is 19.4 Å². The molecule has 10 heteroatoms. The molecule has 3 aromatic rings. The van der Waals surface area contributed by atoms with Crippen LogP contribution in [0.3, 0.4) is 0 Å². The molecule has 0 aliphatic carbocycles. The second-order valence-corrected chi connectivity index (χ2v) is 12.2. The highest BCUT2D eigenvalue weighted by atomic mass is 32.2. The fourth-order valence-corrected chi connectivity index (χ4v) is 5.23. The summed E-state index contributed by atoms with van der Waals surface area (Å²) >= 11 is 0. The molecule has 0 radical (unpaired) electrons. The number of β-amino-alcohol motifs (C(OH)–C–C–N with tert-alkyl or cyclic N) is 1. The van der Waals surface area contributed by atoms with Crippen molar-refractivity contribution in [2.45, 2.75) is 60.6 Å². The van der Waals surface area contributed by atoms with Gasteiger partial charge in [-0.2, -0.15) is 10.4 Å². The van der Waals surface area contributed by atoms with Crippen LogP contribution in [0.15, 0.2) is 48.5 Å². The fraction of sp³-hybridized carbons (Fsp3) is 0.500. The molecular weight excluding hydrogens is 548 g/mol. The van der Waals surface area contributed by atoms with E-state index in [1.807, 2.05) is 49.7 Å². The number of aliphatic hydroxyl groups excluding tert-OH is 1. The van der Waals surface area contributed by atoms with E-state index in [2.05, 4.69) is 65.6 Å². The predicted molar refractivity (Wildman–Crippen MR) is 172 cm³/mol. The van der Waals surface area contributed by atoms with Crippen LogP contribution in [0.2, 0.25) is 0 Å². The molecule has 2 heterocycles. The average Bonchev–Trinajstić information content (AvgIpc) is 3.26.